The van der Waals surface area contributed by atoms with E-state index >= 15 is 0 Å². The van der Waals surface area contributed by atoms with Crippen LogP contribution in [0.5, 0.6) is 11.5 Å². The summed E-state index contributed by atoms with van der Waals surface area (Å²) in [4.78, 5) is 29.4. The second-order valence-electron chi connectivity index (χ2n) is 7.87. The first-order valence-corrected chi connectivity index (χ1v) is 11.3. The average Bonchev–Trinajstić information content (AvgIpc) is 2.88. The van der Waals surface area contributed by atoms with Crippen molar-refractivity contribution < 1.29 is 19.1 Å². The number of rotatable bonds is 6. The molecule has 2 amide bonds. The van der Waals surface area contributed by atoms with Gasteiger partial charge in [0.15, 0.2) is 0 Å². The highest BCUT2D eigenvalue weighted by atomic mass is 35.5. The van der Waals surface area contributed by atoms with E-state index in [1.807, 2.05) is 47.4 Å². The number of nitrogens with zero attached hydrogens (tertiary/aromatic N) is 2. The lowest BCUT2D eigenvalue weighted by molar-refractivity contribution is 0.0746. The van der Waals surface area contributed by atoms with Crippen molar-refractivity contribution in [3.8, 4) is 11.5 Å². The SMILES string of the molecule is COc1cc(OC)cc(C(=O)Nc2ccc(N3CCN(C(=O)c4ccccc4)CC3)c(Cl)c2)c1. The van der Waals surface area contributed by atoms with Crippen LogP contribution < -0.4 is 19.7 Å². The van der Waals surface area contributed by atoms with Crippen molar-refractivity contribution in [2.75, 3.05) is 50.6 Å². The van der Waals surface area contributed by atoms with Gasteiger partial charge in [-0.2, -0.15) is 0 Å². The van der Waals surface area contributed by atoms with Crippen LogP contribution in [0.4, 0.5) is 11.4 Å². The molecule has 1 saturated heterocycles. The van der Waals surface area contributed by atoms with Gasteiger partial charge in [0, 0.05) is 49.1 Å². The number of nitrogens with one attached hydrogen (secondary N) is 1. The summed E-state index contributed by atoms with van der Waals surface area (Å²) in [5.74, 6) is 0.804. The number of piperazine rings is 1. The molecule has 1 aliphatic heterocycles. The Morgan fingerprint density at radius 3 is 2.06 bits per heavy atom. The fourth-order valence-corrected chi connectivity index (χ4v) is 4.20. The van der Waals surface area contributed by atoms with Gasteiger partial charge in [-0.15, -0.1) is 0 Å². The standard InChI is InChI=1S/C26H26ClN3O4/c1-33-21-14-19(15-22(17-21)34-2)25(31)28-20-8-9-24(23(27)16-20)29-10-12-30(13-11-29)26(32)18-6-4-3-5-7-18/h3-9,14-17H,10-13H2,1-2H3,(H,28,31). The van der Waals surface area contributed by atoms with Crippen molar-refractivity contribution in [2.45, 2.75) is 0 Å². The van der Waals surface area contributed by atoms with Crippen LogP contribution in [0.2, 0.25) is 5.02 Å². The van der Waals surface area contributed by atoms with Crippen molar-refractivity contribution in [3.05, 3.63) is 82.9 Å². The number of amides is 2. The highest BCUT2D eigenvalue weighted by Gasteiger charge is 2.23. The summed E-state index contributed by atoms with van der Waals surface area (Å²) < 4.78 is 10.5. The summed E-state index contributed by atoms with van der Waals surface area (Å²) in [5.41, 5.74) is 2.56. The number of carbonyl (C=O) groups is 2. The van der Waals surface area contributed by atoms with E-state index in [0.717, 1.165) is 5.69 Å². The second-order valence-corrected chi connectivity index (χ2v) is 8.27. The number of carbonyl (C=O) groups excluding carboxylic acids is 2. The number of ether oxygens (including phenoxy) is 2. The Bertz CT molecular complexity index is 1160. The van der Waals surface area contributed by atoms with Crippen LogP contribution in [-0.4, -0.2) is 57.1 Å². The molecule has 0 aromatic heterocycles. The van der Waals surface area contributed by atoms with Crippen LogP contribution >= 0.6 is 11.6 Å². The molecular weight excluding hydrogens is 454 g/mol. The zero-order chi connectivity index (χ0) is 24.1. The highest BCUT2D eigenvalue weighted by molar-refractivity contribution is 6.33. The monoisotopic (exact) mass is 479 g/mol. The lowest BCUT2D eigenvalue weighted by atomic mass is 10.1. The van der Waals surface area contributed by atoms with Crippen LogP contribution in [0.25, 0.3) is 0 Å². The molecule has 0 unspecified atom stereocenters. The third kappa shape index (κ3) is 5.26. The van der Waals surface area contributed by atoms with E-state index in [0.29, 0.717) is 59.5 Å². The molecule has 0 spiro atoms. The van der Waals surface area contributed by atoms with E-state index in [4.69, 9.17) is 21.1 Å². The van der Waals surface area contributed by atoms with Gasteiger partial charge < -0.3 is 24.6 Å². The van der Waals surface area contributed by atoms with Crippen molar-refractivity contribution in [1.29, 1.82) is 0 Å². The summed E-state index contributed by atoms with van der Waals surface area (Å²) in [5, 5.41) is 3.40. The van der Waals surface area contributed by atoms with Gasteiger partial charge in [-0.1, -0.05) is 29.8 Å². The van der Waals surface area contributed by atoms with Crippen LogP contribution in [0.1, 0.15) is 20.7 Å². The van der Waals surface area contributed by atoms with Crippen molar-refractivity contribution in [3.63, 3.8) is 0 Å². The molecule has 3 aromatic carbocycles. The lowest BCUT2D eigenvalue weighted by Crippen LogP contribution is -2.48. The van der Waals surface area contributed by atoms with Crippen LogP contribution in [0.3, 0.4) is 0 Å². The Morgan fingerprint density at radius 2 is 1.47 bits per heavy atom. The molecule has 3 aromatic rings. The number of hydrogen-bond acceptors (Lipinski definition) is 5. The second kappa shape index (κ2) is 10.5. The molecule has 0 aliphatic carbocycles. The molecule has 1 N–H and O–H groups in total. The number of halogens is 1. The largest absolute Gasteiger partial charge is 0.497 e. The predicted octanol–water partition coefficient (Wildman–Crippen LogP) is 4.57. The maximum atomic E-state index is 12.8. The van der Waals surface area contributed by atoms with Gasteiger partial charge in [0.05, 0.1) is 24.9 Å². The molecule has 7 nitrogen and oxygen atoms in total. The van der Waals surface area contributed by atoms with E-state index < -0.39 is 0 Å². The Hall–Kier alpha value is -3.71. The third-order valence-electron chi connectivity index (χ3n) is 5.75. The van der Waals surface area contributed by atoms with E-state index in [9.17, 15) is 9.59 Å². The third-order valence-corrected chi connectivity index (χ3v) is 6.05. The summed E-state index contributed by atoms with van der Waals surface area (Å²) in [6.07, 6.45) is 0. The summed E-state index contributed by atoms with van der Waals surface area (Å²) in [6, 6.07) is 19.7. The Kier molecular flexibility index (Phi) is 7.23. The molecule has 0 saturated carbocycles. The zero-order valence-electron chi connectivity index (χ0n) is 19.1. The first-order valence-electron chi connectivity index (χ1n) is 10.9. The molecule has 8 heteroatoms. The minimum atomic E-state index is -0.297. The van der Waals surface area contributed by atoms with Gasteiger partial charge in [-0.25, -0.2) is 0 Å². The first kappa shape index (κ1) is 23.4. The Balaban J connectivity index is 1.40. The lowest BCUT2D eigenvalue weighted by Gasteiger charge is -2.36. The van der Waals surface area contributed by atoms with E-state index in [2.05, 4.69) is 10.2 Å². The van der Waals surface area contributed by atoms with Gasteiger partial charge in [0.25, 0.3) is 11.8 Å². The van der Waals surface area contributed by atoms with Crippen molar-refractivity contribution in [1.82, 2.24) is 4.90 Å². The van der Waals surface area contributed by atoms with Gasteiger partial charge in [-0.3, -0.25) is 9.59 Å². The Labute approximate surface area is 203 Å². The number of methoxy groups -OCH3 is 2. The van der Waals surface area contributed by atoms with Gasteiger partial charge in [-0.05, 0) is 42.5 Å². The molecule has 0 atom stereocenters. The fourth-order valence-electron chi connectivity index (χ4n) is 3.90. The molecule has 1 aliphatic rings. The normalized spacial score (nSPS) is 13.4. The van der Waals surface area contributed by atoms with Gasteiger partial charge in [0.2, 0.25) is 0 Å². The zero-order valence-corrected chi connectivity index (χ0v) is 19.8. The van der Waals surface area contributed by atoms with E-state index in [1.165, 1.54) is 14.2 Å². The smallest absolute Gasteiger partial charge is 0.255 e. The fraction of sp³-hybridized carbons (Fsp3) is 0.231. The van der Waals surface area contributed by atoms with Crippen LogP contribution in [0.15, 0.2) is 66.7 Å². The molecule has 0 bridgehead atoms. The number of benzene rings is 3. The van der Waals surface area contributed by atoms with E-state index in [1.54, 1.807) is 24.3 Å². The van der Waals surface area contributed by atoms with Crippen LogP contribution in [0, 0.1) is 0 Å². The first-order chi connectivity index (χ1) is 16.5. The summed E-state index contributed by atoms with van der Waals surface area (Å²) >= 11 is 6.57. The van der Waals surface area contributed by atoms with Gasteiger partial charge in [0.1, 0.15) is 11.5 Å². The molecule has 1 fully saturated rings. The number of hydrogen-bond donors (Lipinski definition) is 1. The molecule has 1 heterocycles. The number of anilines is 2. The quantitative estimate of drug-likeness (QED) is 0.560. The maximum Gasteiger partial charge on any atom is 0.255 e. The topological polar surface area (TPSA) is 71.1 Å². The van der Waals surface area contributed by atoms with Crippen molar-refractivity contribution in [2.24, 2.45) is 0 Å². The summed E-state index contributed by atoms with van der Waals surface area (Å²) in [6.45, 7) is 2.57. The molecule has 176 valence electrons. The molecule has 0 radical (unpaired) electrons. The Morgan fingerprint density at radius 1 is 0.824 bits per heavy atom. The minimum Gasteiger partial charge on any atom is -0.497 e. The predicted molar refractivity (Wildman–Crippen MR) is 134 cm³/mol. The molecular formula is C26H26ClN3O4. The summed E-state index contributed by atoms with van der Waals surface area (Å²) in [7, 11) is 3.07. The molecule has 4 rings (SSSR count). The molecule has 34 heavy (non-hydrogen) atoms. The average molecular weight is 480 g/mol. The van der Waals surface area contributed by atoms with Gasteiger partial charge >= 0.3 is 0 Å². The minimum absolute atomic E-state index is 0.0404. The highest BCUT2D eigenvalue weighted by Crippen LogP contribution is 2.30. The van der Waals surface area contributed by atoms with Crippen LogP contribution in [-0.2, 0) is 0 Å². The maximum absolute atomic E-state index is 12.8. The van der Waals surface area contributed by atoms with E-state index in [-0.39, 0.29) is 11.8 Å². The van der Waals surface area contributed by atoms with Crippen molar-refractivity contribution >= 4 is 34.8 Å².